The van der Waals surface area contributed by atoms with E-state index in [4.69, 9.17) is 21.1 Å². The lowest BCUT2D eigenvalue weighted by Crippen LogP contribution is -2.50. The second kappa shape index (κ2) is 11.2. The Kier molecular flexibility index (Phi) is 8.63. The van der Waals surface area contributed by atoms with Crippen LogP contribution in [0.25, 0.3) is 0 Å². The Bertz CT molecular complexity index is 915. The van der Waals surface area contributed by atoms with Crippen LogP contribution in [0.3, 0.4) is 0 Å². The number of rotatable bonds is 9. The van der Waals surface area contributed by atoms with Gasteiger partial charge in [-0.2, -0.15) is 0 Å². The predicted molar refractivity (Wildman–Crippen MR) is 131 cm³/mol. The van der Waals surface area contributed by atoms with E-state index < -0.39 is 5.60 Å². The summed E-state index contributed by atoms with van der Waals surface area (Å²) in [5.74, 6) is 1.52. The molecule has 1 heterocycles. The molecule has 0 unspecified atom stereocenters. The molecule has 1 amide bonds. The molecule has 180 valence electrons. The molecule has 0 atom stereocenters. The first-order valence-electron chi connectivity index (χ1n) is 11.5. The highest BCUT2D eigenvalue weighted by molar-refractivity contribution is 6.32. The van der Waals surface area contributed by atoms with Crippen molar-refractivity contribution in [2.75, 3.05) is 26.2 Å². The number of hydrogen-bond donors (Lipinski definition) is 2. The fourth-order valence-corrected chi connectivity index (χ4v) is 4.01. The highest BCUT2D eigenvalue weighted by Gasteiger charge is 2.33. The topological polar surface area (TPSA) is 71.0 Å². The number of likely N-dealkylation sites (tertiary alicyclic amines) is 1. The number of carbonyl (C=O) groups is 1. The van der Waals surface area contributed by atoms with E-state index in [1.54, 1.807) is 0 Å². The molecule has 0 aromatic heterocycles. The van der Waals surface area contributed by atoms with Crippen molar-refractivity contribution < 1.29 is 19.4 Å². The number of carbonyl (C=O) groups excluding carboxylic acids is 1. The van der Waals surface area contributed by atoms with Crippen molar-refractivity contribution >= 4 is 17.5 Å². The fourth-order valence-electron chi connectivity index (χ4n) is 3.90. The standard InChI is InChI=1S/C26H35ClN2O4/c1-18(2)33-22-7-5-21(6-8-22)15-28-24(30)16-29-11-9-26(31,10-12-29)17-32-23-13-19(3)25(27)20(4)14-23/h5-8,13-14,18,31H,9-12,15-17H2,1-4H3,(H,28,30). The van der Waals surface area contributed by atoms with Crippen LogP contribution in [0, 0.1) is 13.8 Å². The molecule has 0 radical (unpaired) electrons. The number of aryl methyl sites for hydroxylation is 2. The van der Waals surface area contributed by atoms with Crippen molar-refractivity contribution in [3.8, 4) is 11.5 Å². The molecule has 6 nitrogen and oxygen atoms in total. The van der Waals surface area contributed by atoms with Gasteiger partial charge in [0.2, 0.25) is 5.91 Å². The van der Waals surface area contributed by atoms with Crippen LogP contribution in [-0.4, -0.2) is 53.9 Å². The summed E-state index contributed by atoms with van der Waals surface area (Å²) in [6.45, 7) is 10.2. The largest absolute Gasteiger partial charge is 0.491 e. The number of amides is 1. The zero-order valence-electron chi connectivity index (χ0n) is 20.0. The number of hydrogen-bond acceptors (Lipinski definition) is 5. The van der Waals surface area contributed by atoms with E-state index in [0.29, 0.717) is 44.8 Å². The number of benzene rings is 2. The first-order chi connectivity index (χ1) is 15.6. The minimum absolute atomic E-state index is 0.0219. The monoisotopic (exact) mass is 474 g/mol. The number of ether oxygens (including phenoxy) is 2. The molecule has 2 N–H and O–H groups in total. The molecule has 0 bridgehead atoms. The molecular weight excluding hydrogens is 440 g/mol. The Morgan fingerprint density at radius 2 is 1.73 bits per heavy atom. The summed E-state index contributed by atoms with van der Waals surface area (Å²) in [5.41, 5.74) is 2.05. The third-order valence-corrected chi connectivity index (χ3v) is 6.45. The van der Waals surface area contributed by atoms with Gasteiger partial charge < -0.3 is 19.9 Å². The van der Waals surface area contributed by atoms with E-state index in [1.165, 1.54) is 0 Å². The van der Waals surface area contributed by atoms with E-state index in [0.717, 1.165) is 27.5 Å². The van der Waals surface area contributed by atoms with Crippen LogP contribution in [0.1, 0.15) is 43.4 Å². The van der Waals surface area contributed by atoms with Gasteiger partial charge in [-0.05, 0) is 81.5 Å². The summed E-state index contributed by atoms with van der Waals surface area (Å²) in [6, 6.07) is 11.5. The molecule has 1 aliphatic heterocycles. The van der Waals surface area contributed by atoms with E-state index in [2.05, 4.69) is 10.2 Å². The van der Waals surface area contributed by atoms with Gasteiger partial charge in [0.15, 0.2) is 0 Å². The summed E-state index contributed by atoms with van der Waals surface area (Å²) in [5, 5.41) is 14.6. The van der Waals surface area contributed by atoms with Crippen molar-refractivity contribution in [3.05, 3.63) is 58.1 Å². The molecule has 1 fully saturated rings. The van der Waals surface area contributed by atoms with Gasteiger partial charge in [0, 0.05) is 24.7 Å². The smallest absolute Gasteiger partial charge is 0.234 e. The van der Waals surface area contributed by atoms with Crippen molar-refractivity contribution in [1.82, 2.24) is 10.2 Å². The van der Waals surface area contributed by atoms with Crippen LogP contribution in [0.5, 0.6) is 11.5 Å². The fraction of sp³-hybridized carbons (Fsp3) is 0.500. The molecule has 1 aliphatic rings. The molecule has 0 aliphatic carbocycles. The minimum Gasteiger partial charge on any atom is -0.491 e. The average molecular weight is 475 g/mol. The lowest BCUT2D eigenvalue weighted by atomic mass is 9.92. The van der Waals surface area contributed by atoms with Crippen molar-refractivity contribution in [2.45, 2.75) is 58.8 Å². The van der Waals surface area contributed by atoms with E-state index in [1.807, 2.05) is 64.1 Å². The lowest BCUT2D eigenvalue weighted by molar-refractivity contribution is -0.124. The van der Waals surface area contributed by atoms with E-state index in [9.17, 15) is 9.90 Å². The number of nitrogens with zero attached hydrogens (tertiary/aromatic N) is 1. The lowest BCUT2D eigenvalue weighted by Gasteiger charge is -2.37. The molecular formula is C26H35ClN2O4. The quantitative estimate of drug-likeness (QED) is 0.568. The summed E-state index contributed by atoms with van der Waals surface area (Å²) in [7, 11) is 0. The van der Waals surface area contributed by atoms with Crippen LogP contribution in [0.2, 0.25) is 5.02 Å². The normalized spacial score (nSPS) is 16.0. The van der Waals surface area contributed by atoms with E-state index in [-0.39, 0.29) is 18.6 Å². The molecule has 0 spiro atoms. The third kappa shape index (κ3) is 7.63. The van der Waals surface area contributed by atoms with Gasteiger partial charge in [-0.15, -0.1) is 0 Å². The molecule has 3 rings (SSSR count). The maximum Gasteiger partial charge on any atom is 0.234 e. The summed E-state index contributed by atoms with van der Waals surface area (Å²) in [4.78, 5) is 14.5. The highest BCUT2D eigenvalue weighted by atomic mass is 35.5. The molecule has 0 saturated carbocycles. The zero-order valence-corrected chi connectivity index (χ0v) is 20.7. The van der Waals surface area contributed by atoms with Crippen molar-refractivity contribution in [2.24, 2.45) is 0 Å². The van der Waals surface area contributed by atoms with Gasteiger partial charge in [0.1, 0.15) is 23.7 Å². The van der Waals surface area contributed by atoms with Crippen molar-refractivity contribution in [3.63, 3.8) is 0 Å². The Labute approximate surface area is 201 Å². The van der Waals surface area contributed by atoms with Gasteiger partial charge in [-0.25, -0.2) is 0 Å². The molecule has 33 heavy (non-hydrogen) atoms. The average Bonchev–Trinajstić information content (AvgIpc) is 2.77. The van der Waals surface area contributed by atoms with Gasteiger partial charge >= 0.3 is 0 Å². The first-order valence-corrected chi connectivity index (χ1v) is 11.9. The third-order valence-electron chi connectivity index (χ3n) is 5.86. The van der Waals surface area contributed by atoms with Crippen LogP contribution in [-0.2, 0) is 11.3 Å². The van der Waals surface area contributed by atoms with Crippen LogP contribution < -0.4 is 14.8 Å². The van der Waals surface area contributed by atoms with Crippen molar-refractivity contribution in [1.29, 1.82) is 0 Å². The Balaban J connectivity index is 1.39. The summed E-state index contributed by atoms with van der Waals surface area (Å²) < 4.78 is 11.5. The number of piperidine rings is 1. The molecule has 2 aromatic rings. The van der Waals surface area contributed by atoms with E-state index >= 15 is 0 Å². The van der Waals surface area contributed by atoms with Gasteiger partial charge in [0.25, 0.3) is 0 Å². The summed E-state index contributed by atoms with van der Waals surface area (Å²) in [6.07, 6.45) is 1.25. The number of nitrogens with one attached hydrogen (secondary N) is 1. The maximum absolute atomic E-state index is 12.4. The second-order valence-electron chi connectivity index (χ2n) is 9.25. The molecule has 7 heteroatoms. The Morgan fingerprint density at radius 1 is 1.12 bits per heavy atom. The zero-order chi connectivity index (χ0) is 24.0. The first kappa shape index (κ1) is 25.3. The van der Waals surface area contributed by atoms with Gasteiger partial charge in [-0.1, -0.05) is 23.7 Å². The SMILES string of the molecule is Cc1cc(OCC2(O)CCN(CC(=O)NCc3ccc(OC(C)C)cc3)CC2)cc(C)c1Cl. The Hall–Kier alpha value is -2.28. The minimum atomic E-state index is -0.895. The number of aliphatic hydroxyl groups is 1. The van der Waals surface area contributed by atoms with Gasteiger partial charge in [0.05, 0.1) is 12.6 Å². The molecule has 2 aromatic carbocycles. The maximum atomic E-state index is 12.4. The van der Waals surface area contributed by atoms with Crippen LogP contribution >= 0.6 is 11.6 Å². The Morgan fingerprint density at radius 3 is 2.30 bits per heavy atom. The van der Waals surface area contributed by atoms with Gasteiger partial charge in [-0.3, -0.25) is 9.69 Å². The van der Waals surface area contributed by atoms with Crippen LogP contribution in [0.15, 0.2) is 36.4 Å². The molecule has 1 saturated heterocycles. The summed E-state index contributed by atoms with van der Waals surface area (Å²) >= 11 is 6.21. The highest BCUT2D eigenvalue weighted by Crippen LogP contribution is 2.28. The van der Waals surface area contributed by atoms with Crippen LogP contribution in [0.4, 0.5) is 0 Å². The predicted octanol–water partition coefficient (Wildman–Crippen LogP) is 4.27. The second-order valence-corrected chi connectivity index (χ2v) is 9.63. The number of halogens is 1.